The van der Waals surface area contributed by atoms with E-state index >= 15 is 0 Å². The van der Waals surface area contributed by atoms with E-state index in [1.807, 2.05) is 0 Å². The van der Waals surface area contributed by atoms with Crippen molar-refractivity contribution in [1.82, 2.24) is 9.62 Å². The normalized spacial score (nSPS) is 12.7. The Morgan fingerprint density at radius 3 is 2.05 bits per heavy atom. The molecule has 0 aliphatic heterocycles. The van der Waals surface area contributed by atoms with Crippen LogP contribution >= 0.6 is 0 Å². The predicted octanol–water partition coefficient (Wildman–Crippen LogP) is 1.74. The third-order valence-electron chi connectivity index (χ3n) is 2.74. The van der Waals surface area contributed by atoms with Gasteiger partial charge in [0.1, 0.15) is 0 Å². The molecule has 20 heavy (non-hydrogen) atoms. The first-order valence-corrected chi connectivity index (χ1v) is 8.08. The SMILES string of the molecule is CN(C)S(=O)(=O)c1ccc(NCCNC(C)(C)C)cc1. The van der Waals surface area contributed by atoms with E-state index in [0.717, 1.165) is 18.8 Å². The van der Waals surface area contributed by atoms with Gasteiger partial charge < -0.3 is 10.6 Å². The zero-order valence-electron chi connectivity index (χ0n) is 12.9. The molecular weight excluding hydrogens is 274 g/mol. The van der Waals surface area contributed by atoms with Crippen molar-refractivity contribution >= 4 is 15.7 Å². The summed E-state index contributed by atoms with van der Waals surface area (Å²) in [7, 11) is -0.290. The molecule has 1 rings (SSSR count). The predicted molar refractivity (Wildman–Crippen MR) is 83.6 cm³/mol. The molecule has 0 spiro atoms. The van der Waals surface area contributed by atoms with Gasteiger partial charge >= 0.3 is 0 Å². The Kier molecular flexibility index (Phi) is 5.56. The average molecular weight is 299 g/mol. The van der Waals surface area contributed by atoms with E-state index in [1.54, 1.807) is 24.3 Å². The van der Waals surface area contributed by atoms with Gasteiger partial charge in [-0.2, -0.15) is 0 Å². The summed E-state index contributed by atoms with van der Waals surface area (Å²) >= 11 is 0. The first kappa shape index (κ1) is 16.9. The van der Waals surface area contributed by atoms with Gasteiger partial charge in [0, 0.05) is 38.4 Å². The van der Waals surface area contributed by atoms with Crippen LogP contribution in [-0.4, -0.2) is 45.4 Å². The number of nitrogens with zero attached hydrogens (tertiary/aromatic N) is 1. The minimum absolute atomic E-state index is 0.103. The molecule has 2 N–H and O–H groups in total. The molecule has 114 valence electrons. The molecule has 1 aromatic rings. The van der Waals surface area contributed by atoms with Crippen molar-refractivity contribution in [2.24, 2.45) is 0 Å². The van der Waals surface area contributed by atoms with Crippen molar-refractivity contribution in [3.63, 3.8) is 0 Å². The van der Waals surface area contributed by atoms with Crippen molar-refractivity contribution in [3.05, 3.63) is 24.3 Å². The van der Waals surface area contributed by atoms with Crippen molar-refractivity contribution in [2.45, 2.75) is 31.2 Å². The maximum absolute atomic E-state index is 11.9. The Morgan fingerprint density at radius 2 is 1.60 bits per heavy atom. The Hall–Kier alpha value is -1.11. The van der Waals surface area contributed by atoms with Gasteiger partial charge in [0.05, 0.1) is 4.90 Å². The smallest absolute Gasteiger partial charge is 0.242 e. The van der Waals surface area contributed by atoms with Crippen LogP contribution in [0.1, 0.15) is 20.8 Å². The molecule has 0 aliphatic rings. The van der Waals surface area contributed by atoms with E-state index in [1.165, 1.54) is 18.4 Å². The van der Waals surface area contributed by atoms with Gasteiger partial charge in [-0.3, -0.25) is 0 Å². The van der Waals surface area contributed by atoms with Gasteiger partial charge in [0.15, 0.2) is 0 Å². The molecule has 0 bridgehead atoms. The minimum atomic E-state index is -3.34. The highest BCUT2D eigenvalue weighted by Crippen LogP contribution is 2.16. The largest absolute Gasteiger partial charge is 0.384 e. The molecule has 0 saturated carbocycles. The molecule has 1 aromatic carbocycles. The topological polar surface area (TPSA) is 61.4 Å². The van der Waals surface area contributed by atoms with Crippen LogP contribution in [0.2, 0.25) is 0 Å². The second kappa shape index (κ2) is 6.56. The van der Waals surface area contributed by atoms with E-state index in [-0.39, 0.29) is 5.54 Å². The van der Waals surface area contributed by atoms with Crippen molar-refractivity contribution in [1.29, 1.82) is 0 Å². The molecule has 0 atom stereocenters. The number of hydrogen-bond donors (Lipinski definition) is 2. The van der Waals surface area contributed by atoms with Gasteiger partial charge in [0.25, 0.3) is 0 Å². The molecule has 0 fully saturated rings. The lowest BCUT2D eigenvalue weighted by molar-refractivity contribution is 0.435. The third kappa shape index (κ3) is 5.11. The van der Waals surface area contributed by atoms with Crippen LogP contribution in [0.3, 0.4) is 0 Å². The Balaban J connectivity index is 2.56. The fourth-order valence-corrected chi connectivity index (χ4v) is 2.50. The van der Waals surface area contributed by atoms with Gasteiger partial charge in [-0.05, 0) is 45.0 Å². The first-order valence-electron chi connectivity index (χ1n) is 6.64. The van der Waals surface area contributed by atoms with Gasteiger partial charge in [-0.1, -0.05) is 0 Å². The number of rotatable bonds is 6. The lowest BCUT2D eigenvalue weighted by Gasteiger charge is -2.20. The fourth-order valence-electron chi connectivity index (χ4n) is 1.60. The summed E-state index contributed by atoms with van der Waals surface area (Å²) in [6.45, 7) is 7.99. The number of nitrogens with one attached hydrogen (secondary N) is 2. The zero-order valence-corrected chi connectivity index (χ0v) is 13.7. The number of anilines is 1. The minimum Gasteiger partial charge on any atom is -0.384 e. The van der Waals surface area contributed by atoms with Gasteiger partial charge in [-0.15, -0.1) is 0 Å². The zero-order chi connectivity index (χ0) is 15.4. The quantitative estimate of drug-likeness (QED) is 0.786. The Morgan fingerprint density at radius 1 is 1.05 bits per heavy atom. The van der Waals surface area contributed by atoms with Gasteiger partial charge in [0.2, 0.25) is 10.0 Å². The summed E-state index contributed by atoms with van der Waals surface area (Å²) in [6.07, 6.45) is 0. The highest BCUT2D eigenvalue weighted by atomic mass is 32.2. The van der Waals surface area contributed by atoms with E-state index in [9.17, 15) is 8.42 Å². The van der Waals surface area contributed by atoms with Crippen molar-refractivity contribution in [3.8, 4) is 0 Å². The highest BCUT2D eigenvalue weighted by Gasteiger charge is 2.16. The summed E-state index contributed by atoms with van der Waals surface area (Å²) in [6, 6.07) is 6.81. The van der Waals surface area contributed by atoms with E-state index in [2.05, 4.69) is 31.4 Å². The maximum Gasteiger partial charge on any atom is 0.242 e. The molecule has 0 unspecified atom stereocenters. The summed E-state index contributed by atoms with van der Waals surface area (Å²) < 4.78 is 25.0. The third-order valence-corrected chi connectivity index (χ3v) is 4.57. The molecule has 0 aliphatic carbocycles. The second-order valence-electron chi connectivity index (χ2n) is 5.92. The first-order chi connectivity index (χ1) is 9.13. The van der Waals surface area contributed by atoms with Crippen LogP contribution in [0, 0.1) is 0 Å². The highest BCUT2D eigenvalue weighted by molar-refractivity contribution is 7.89. The van der Waals surface area contributed by atoms with E-state index in [4.69, 9.17) is 0 Å². The van der Waals surface area contributed by atoms with Gasteiger partial charge in [-0.25, -0.2) is 12.7 Å². The molecule has 0 saturated heterocycles. The standard InChI is InChI=1S/C14H25N3O2S/c1-14(2,3)16-11-10-15-12-6-8-13(9-7-12)20(18,19)17(4)5/h6-9,15-16H,10-11H2,1-5H3. The number of hydrogen-bond acceptors (Lipinski definition) is 4. The van der Waals surface area contributed by atoms with Crippen molar-refractivity contribution in [2.75, 3.05) is 32.5 Å². The monoisotopic (exact) mass is 299 g/mol. The van der Waals surface area contributed by atoms with Crippen LogP contribution in [0.25, 0.3) is 0 Å². The van der Waals surface area contributed by atoms with Crippen molar-refractivity contribution < 1.29 is 8.42 Å². The lowest BCUT2D eigenvalue weighted by atomic mass is 10.1. The Labute approximate surface area is 122 Å². The summed E-state index contributed by atoms with van der Waals surface area (Å²) in [5.41, 5.74) is 1.02. The molecular formula is C14H25N3O2S. The van der Waals surface area contributed by atoms with E-state index < -0.39 is 10.0 Å². The molecule has 0 heterocycles. The molecule has 6 heteroatoms. The lowest BCUT2D eigenvalue weighted by Crippen LogP contribution is -2.38. The van der Waals surface area contributed by atoms with Crippen LogP contribution in [0.15, 0.2) is 29.2 Å². The summed E-state index contributed by atoms with van der Waals surface area (Å²) in [5, 5.41) is 6.63. The van der Waals surface area contributed by atoms with Crippen LogP contribution in [0.5, 0.6) is 0 Å². The fraction of sp³-hybridized carbons (Fsp3) is 0.571. The molecule has 0 amide bonds. The average Bonchev–Trinajstić information content (AvgIpc) is 2.34. The maximum atomic E-state index is 11.9. The summed E-state index contributed by atoms with van der Waals surface area (Å²) in [5.74, 6) is 0. The summed E-state index contributed by atoms with van der Waals surface area (Å²) in [4.78, 5) is 0.306. The van der Waals surface area contributed by atoms with Crippen LogP contribution < -0.4 is 10.6 Å². The molecule has 0 aromatic heterocycles. The van der Waals surface area contributed by atoms with E-state index in [0.29, 0.717) is 4.90 Å². The number of sulfonamides is 1. The van der Waals surface area contributed by atoms with Crippen LogP contribution in [0.4, 0.5) is 5.69 Å². The second-order valence-corrected chi connectivity index (χ2v) is 8.07. The molecule has 5 nitrogen and oxygen atoms in total. The number of benzene rings is 1. The Bertz CT molecular complexity index is 516. The van der Waals surface area contributed by atoms with Crippen LogP contribution in [-0.2, 0) is 10.0 Å². The molecule has 0 radical (unpaired) electrons.